The van der Waals surface area contributed by atoms with E-state index in [0.717, 1.165) is 18.7 Å². The van der Waals surface area contributed by atoms with Crippen LogP contribution in [-0.2, 0) is 6.42 Å². The summed E-state index contributed by atoms with van der Waals surface area (Å²) < 4.78 is 5.32. The SMILES string of the molecule is COc1cc(C)c2[nH]c3c(c2c1)NCCC3. The van der Waals surface area contributed by atoms with Gasteiger partial charge in [0.05, 0.1) is 18.3 Å². The maximum Gasteiger partial charge on any atom is 0.119 e. The van der Waals surface area contributed by atoms with Gasteiger partial charge in [-0.05, 0) is 37.5 Å². The van der Waals surface area contributed by atoms with E-state index in [2.05, 4.69) is 29.4 Å². The molecular weight excluding hydrogens is 200 g/mol. The largest absolute Gasteiger partial charge is 0.497 e. The van der Waals surface area contributed by atoms with E-state index in [-0.39, 0.29) is 0 Å². The Hall–Kier alpha value is -1.64. The molecule has 3 heteroatoms. The molecule has 1 aliphatic rings. The number of aryl methyl sites for hydroxylation is 2. The van der Waals surface area contributed by atoms with Crippen LogP contribution in [0.1, 0.15) is 17.7 Å². The predicted octanol–water partition coefficient (Wildman–Crippen LogP) is 2.84. The lowest BCUT2D eigenvalue weighted by molar-refractivity contribution is 0.415. The lowest BCUT2D eigenvalue weighted by atomic mass is 10.1. The number of aromatic nitrogens is 1. The predicted molar refractivity (Wildman–Crippen MR) is 66.4 cm³/mol. The molecule has 1 aromatic carbocycles. The average Bonchev–Trinajstić information content (AvgIpc) is 2.68. The summed E-state index contributed by atoms with van der Waals surface area (Å²) in [7, 11) is 1.72. The third kappa shape index (κ3) is 1.28. The number of anilines is 1. The van der Waals surface area contributed by atoms with Crippen LogP contribution in [0.5, 0.6) is 5.75 Å². The lowest BCUT2D eigenvalue weighted by Crippen LogP contribution is -2.10. The second-order valence-electron chi connectivity index (χ2n) is 4.38. The molecule has 3 rings (SSSR count). The highest BCUT2D eigenvalue weighted by Crippen LogP contribution is 2.35. The molecule has 84 valence electrons. The monoisotopic (exact) mass is 216 g/mol. The number of benzene rings is 1. The van der Waals surface area contributed by atoms with Gasteiger partial charge in [0.1, 0.15) is 5.75 Å². The molecule has 0 saturated heterocycles. The van der Waals surface area contributed by atoms with Gasteiger partial charge in [0.15, 0.2) is 0 Å². The van der Waals surface area contributed by atoms with Crippen molar-refractivity contribution in [3.8, 4) is 5.75 Å². The Kier molecular flexibility index (Phi) is 2.06. The molecule has 0 bridgehead atoms. The van der Waals surface area contributed by atoms with E-state index >= 15 is 0 Å². The molecule has 16 heavy (non-hydrogen) atoms. The number of H-pyrrole nitrogens is 1. The van der Waals surface area contributed by atoms with Gasteiger partial charge in [0.25, 0.3) is 0 Å². The van der Waals surface area contributed by atoms with Crippen LogP contribution >= 0.6 is 0 Å². The molecular formula is C13H16N2O. The number of hydrogen-bond acceptors (Lipinski definition) is 2. The minimum absolute atomic E-state index is 0.930. The van der Waals surface area contributed by atoms with Crippen LogP contribution in [0.4, 0.5) is 5.69 Å². The first kappa shape index (κ1) is 9.58. The minimum atomic E-state index is 0.930. The number of hydrogen-bond donors (Lipinski definition) is 2. The van der Waals surface area contributed by atoms with E-state index in [0.29, 0.717) is 0 Å². The number of methoxy groups -OCH3 is 1. The molecule has 0 spiro atoms. The fourth-order valence-electron chi connectivity index (χ4n) is 2.48. The van der Waals surface area contributed by atoms with Gasteiger partial charge in [-0.2, -0.15) is 0 Å². The first-order chi connectivity index (χ1) is 7.79. The van der Waals surface area contributed by atoms with Crippen molar-refractivity contribution in [1.82, 2.24) is 4.98 Å². The van der Waals surface area contributed by atoms with Crippen molar-refractivity contribution in [2.75, 3.05) is 19.0 Å². The van der Waals surface area contributed by atoms with Crippen molar-refractivity contribution >= 4 is 16.6 Å². The Morgan fingerprint density at radius 1 is 1.31 bits per heavy atom. The van der Waals surface area contributed by atoms with Crippen molar-refractivity contribution in [2.45, 2.75) is 19.8 Å². The molecule has 0 atom stereocenters. The van der Waals surface area contributed by atoms with Crippen LogP contribution in [0.3, 0.4) is 0 Å². The third-order valence-corrected chi connectivity index (χ3v) is 3.30. The number of ether oxygens (including phenoxy) is 1. The zero-order valence-corrected chi connectivity index (χ0v) is 9.68. The molecule has 3 nitrogen and oxygen atoms in total. The van der Waals surface area contributed by atoms with E-state index in [1.54, 1.807) is 7.11 Å². The highest BCUT2D eigenvalue weighted by atomic mass is 16.5. The Labute approximate surface area is 94.8 Å². The van der Waals surface area contributed by atoms with E-state index < -0.39 is 0 Å². The summed E-state index contributed by atoms with van der Waals surface area (Å²) in [5, 5.41) is 4.73. The topological polar surface area (TPSA) is 37.0 Å². The van der Waals surface area contributed by atoms with Crippen LogP contribution in [-0.4, -0.2) is 18.6 Å². The Morgan fingerprint density at radius 2 is 2.19 bits per heavy atom. The second-order valence-corrected chi connectivity index (χ2v) is 4.38. The van der Waals surface area contributed by atoms with Gasteiger partial charge < -0.3 is 15.0 Å². The third-order valence-electron chi connectivity index (χ3n) is 3.30. The van der Waals surface area contributed by atoms with Crippen LogP contribution in [0.2, 0.25) is 0 Å². The zero-order chi connectivity index (χ0) is 11.1. The van der Waals surface area contributed by atoms with Crippen LogP contribution in [0, 0.1) is 6.92 Å². The second kappa shape index (κ2) is 3.44. The Morgan fingerprint density at radius 3 is 3.00 bits per heavy atom. The summed E-state index contributed by atoms with van der Waals surface area (Å²) in [4.78, 5) is 3.52. The summed E-state index contributed by atoms with van der Waals surface area (Å²) in [6, 6.07) is 4.18. The Balaban J connectivity index is 2.30. The Bertz CT molecular complexity index is 542. The molecule has 0 radical (unpaired) electrons. The van der Waals surface area contributed by atoms with Gasteiger partial charge in [-0.15, -0.1) is 0 Å². The molecule has 1 aliphatic heterocycles. The van der Waals surface area contributed by atoms with Crippen molar-refractivity contribution in [3.63, 3.8) is 0 Å². The smallest absolute Gasteiger partial charge is 0.119 e. The van der Waals surface area contributed by atoms with E-state index in [9.17, 15) is 0 Å². The summed E-state index contributed by atoms with van der Waals surface area (Å²) >= 11 is 0. The number of nitrogens with one attached hydrogen (secondary N) is 2. The van der Waals surface area contributed by atoms with Crippen molar-refractivity contribution in [1.29, 1.82) is 0 Å². The fourth-order valence-corrected chi connectivity index (χ4v) is 2.48. The molecule has 2 N–H and O–H groups in total. The quantitative estimate of drug-likeness (QED) is 0.769. The normalized spacial score (nSPS) is 14.6. The average molecular weight is 216 g/mol. The van der Waals surface area contributed by atoms with Crippen molar-refractivity contribution in [2.24, 2.45) is 0 Å². The van der Waals surface area contributed by atoms with Crippen molar-refractivity contribution < 1.29 is 4.74 Å². The van der Waals surface area contributed by atoms with Gasteiger partial charge in [-0.25, -0.2) is 0 Å². The minimum Gasteiger partial charge on any atom is -0.497 e. The summed E-state index contributed by atoms with van der Waals surface area (Å²) in [6.07, 6.45) is 2.34. The molecule has 1 aromatic heterocycles. The maximum atomic E-state index is 5.32. The molecule has 0 amide bonds. The zero-order valence-electron chi connectivity index (χ0n) is 9.68. The molecule has 0 unspecified atom stereocenters. The maximum absolute atomic E-state index is 5.32. The summed E-state index contributed by atoms with van der Waals surface area (Å²) in [6.45, 7) is 3.18. The molecule has 2 aromatic rings. The van der Waals surface area contributed by atoms with Gasteiger partial charge in [0, 0.05) is 17.6 Å². The van der Waals surface area contributed by atoms with E-state index in [1.807, 2.05) is 0 Å². The number of rotatable bonds is 1. The molecule has 0 fully saturated rings. The van der Waals surface area contributed by atoms with Crippen LogP contribution < -0.4 is 10.1 Å². The van der Waals surface area contributed by atoms with Gasteiger partial charge >= 0.3 is 0 Å². The fraction of sp³-hybridized carbons (Fsp3) is 0.385. The molecule has 0 aliphatic carbocycles. The lowest BCUT2D eigenvalue weighted by Gasteiger charge is -2.13. The van der Waals surface area contributed by atoms with Gasteiger partial charge in [-0.1, -0.05) is 0 Å². The van der Waals surface area contributed by atoms with E-state index in [4.69, 9.17) is 4.74 Å². The highest BCUT2D eigenvalue weighted by molar-refractivity contribution is 5.97. The van der Waals surface area contributed by atoms with Gasteiger partial charge in [-0.3, -0.25) is 0 Å². The molecule has 0 saturated carbocycles. The standard InChI is InChI=1S/C13H16N2O/c1-8-6-9(16-2)7-10-12(8)15-11-4-3-5-14-13(10)11/h6-7,14-15H,3-5H2,1-2H3. The summed E-state index contributed by atoms with van der Waals surface area (Å²) in [5.74, 6) is 0.930. The number of fused-ring (bicyclic) bond motifs is 3. The summed E-state index contributed by atoms with van der Waals surface area (Å²) in [5.41, 5.74) is 5.08. The van der Waals surface area contributed by atoms with E-state index in [1.165, 1.54) is 34.3 Å². The highest BCUT2D eigenvalue weighted by Gasteiger charge is 2.16. The van der Waals surface area contributed by atoms with Crippen LogP contribution in [0.25, 0.3) is 10.9 Å². The van der Waals surface area contributed by atoms with Gasteiger partial charge in [0.2, 0.25) is 0 Å². The van der Waals surface area contributed by atoms with Crippen LogP contribution in [0.15, 0.2) is 12.1 Å². The first-order valence-electron chi connectivity index (χ1n) is 5.72. The number of aromatic amines is 1. The van der Waals surface area contributed by atoms with Crippen molar-refractivity contribution in [3.05, 3.63) is 23.4 Å². The molecule has 2 heterocycles. The first-order valence-corrected chi connectivity index (χ1v) is 5.72.